The minimum Gasteiger partial charge on any atom is -0.468 e. The van der Waals surface area contributed by atoms with Gasteiger partial charge in [0, 0.05) is 5.56 Å². The molecule has 4 rings (SSSR count). The highest BCUT2D eigenvalue weighted by molar-refractivity contribution is 7.89. The second-order valence-corrected chi connectivity index (χ2v) is 9.52. The molecule has 1 amide bonds. The van der Waals surface area contributed by atoms with Gasteiger partial charge in [0.2, 0.25) is 10.0 Å². The Balaban J connectivity index is 1.48. The number of aromatic nitrogens is 1. The quantitative estimate of drug-likeness (QED) is 0.456. The Bertz CT molecular complexity index is 1260. The maximum Gasteiger partial charge on any atom is 0.251 e. The van der Waals surface area contributed by atoms with Crippen LogP contribution in [0.2, 0.25) is 0 Å². The molecule has 0 aliphatic carbocycles. The van der Waals surface area contributed by atoms with Gasteiger partial charge in [-0.05, 0) is 48.9 Å². The lowest BCUT2D eigenvalue weighted by Gasteiger charge is -2.10. The average molecular weight is 442 g/mol. The van der Waals surface area contributed by atoms with E-state index in [2.05, 4.69) is 15.0 Å². The molecular formula is C21H19N3O4S2. The zero-order chi connectivity index (χ0) is 21.1. The first-order valence-electron chi connectivity index (χ1n) is 9.18. The van der Waals surface area contributed by atoms with Gasteiger partial charge in [0.05, 0.1) is 34.5 Å². The lowest BCUT2D eigenvalue weighted by atomic mass is 10.1. The van der Waals surface area contributed by atoms with Gasteiger partial charge in [-0.3, -0.25) is 4.79 Å². The molecule has 0 aliphatic rings. The molecule has 154 valence electrons. The van der Waals surface area contributed by atoms with Crippen LogP contribution < -0.4 is 10.0 Å². The van der Waals surface area contributed by atoms with Gasteiger partial charge in [0.25, 0.3) is 5.91 Å². The molecule has 0 bridgehead atoms. The van der Waals surface area contributed by atoms with Gasteiger partial charge < -0.3 is 9.73 Å². The van der Waals surface area contributed by atoms with E-state index >= 15 is 0 Å². The summed E-state index contributed by atoms with van der Waals surface area (Å²) in [6.45, 7) is 2.06. The van der Waals surface area contributed by atoms with Crippen LogP contribution in [0.15, 0.2) is 70.2 Å². The van der Waals surface area contributed by atoms with Crippen molar-refractivity contribution in [3.63, 3.8) is 0 Å². The largest absolute Gasteiger partial charge is 0.468 e. The first-order chi connectivity index (χ1) is 14.4. The van der Waals surface area contributed by atoms with Gasteiger partial charge in [-0.15, -0.1) is 11.3 Å². The van der Waals surface area contributed by atoms with Gasteiger partial charge in [-0.1, -0.05) is 18.2 Å². The zero-order valence-corrected chi connectivity index (χ0v) is 17.7. The fraction of sp³-hybridized carbons (Fsp3) is 0.143. The predicted molar refractivity (Wildman–Crippen MR) is 115 cm³/mol. The van der Waals surface area contributed by atoms with Crippen molar-refractivity contribution >= 4 is 37.5 Å². The lowest BCUT2D eigenvalue weighted by molar-refractivity contribution is 0.0950. The molecule has 7 nitrogen and oxygen atoms in total. The second-order valence-electron chi connectivity index (χ2n) is 6.64. The van der Waals surface area contributed by atoms with Gasteiger partial charge >= 0.3 is 0 Å². The highest BCUT2D eigenvalue weighted by atomic mass is 32.2. The number of nitrogens with one attached hydrogen (secondary N) is 2. The molecule has 2 N–H and O–H groups in total. The number of hydrogen-bond acceptors (Lipinski definition) is 6. The zero-order valence-electron chi connectivity index (χ0n) is 16.1. The monoisotopic (exact) mass is 441 g/mol. The summed E-state index contributed by atoms with van der Waals surface area (Å²) in [6.07, 6.45) is 1.48. The molecule has 0 aliphatic heterocycles. The van der Waals surface area contributed by atoms with Crippen molar-refractivity contribution < 1.29 is 17.6 Å². The molecule has 9 heteroatoms. The molecule has 0 radical (unpaired) electrons. The Labute approximate surface area is 177 Å². The summed E-state index contributed by atoms with van der Waals surface area (Å²) in [6, 6.07) is 15.6. The third-order valence-electron chi connectivity index (χ3n) is 4.52. The molecule has 2 heterocycles. The van der Waals surface area contributed by atoms with E-state index in [9.17, 15) is 13.2 Å². The van der Waals surface area contributed by atoms with E-state index in [0.717, 1.165) is 15.2 Å². The maximum absolute atomic E-state index is 12.7. The van der Waals surface area contributed by atoms with E-state index in [0.29, 0.717) is 16.9 Å². The minimum absolute atomic E-state index is 0.0183. The predicted octanol–water partition coefficient (Wildman–Crippen LogP) is 3.61. The summed E-state index contributed by atoms with van der Waals surface area (Å²) in [5.41, 5.74) is 1.87. The molecular weight excluding hydrogens is 422 g/mol. The van der Waals surface area contributed by atoms with Crippen molar-refractivity contribution in [2.24, 2.45) is 0 Å². The SMILES string of the molecule is Cc1ccc(S(=O)(=O)NCc2ccco2)cc1C(=O)NCc1nc2ccccc2s1. The second kappa shape index (κ2) is 8.39. The molecule has 4 aromatic rings. The van der Waals surface area contributed by atoms with Crippen LogP contribution in [0.3, 0.4) is 0 Å². The summed E-state index contributed by atoms with van der Waals surface area (Å²) in [5.74, 6) is 0.148. The molecule has 2 aromatic carbocycles. The molecule has 0 spiro atoms. The standard InChI is InChI=1S/C21H19N3O4S2/c1-14-8-9-16(30(26,27)23-12-15-5-4-10-28-15)11-17(14)21(25)22-13-20-24-18-6-2-3-7-19(18)29-20/h2-11,23H,12-13H2,1H3,(H,22,25). The van der Waals surface area contributed by atoms with Crippen LogP contribution in [-0.4, -0.2) is 19.3 Å². The Morgan fingerprint density at radius 2 is 1.93 bits per heavy atom. The number of rotatable bonds is 7. The summed E-state index contributed by atoms with van der Waals surface area (Å²) in [7, 11) is -3.79. The topological polar surface area (TPSA) is 101 Å². The fourth-order valence-electron chi connectivity index (χ4n) is 2.92. The fourth-order valence-corrected chi connectivity index (χ4v) is 4.85. The van der Waals surface area contributed by atoms with Crippen LogP contribution in [0.5, 0.6) is 0 Å². The van der Waals surface area contributed by atoms with Crippen LogP contribution in [0.1, 0.15) is 26.7 Å². The van der Waals surface area contributed by atoms with E-state index in [1.807, 2.05) is 24.3 Å². The number of nitrogens with zero attached hydrogens (tertiary/aromatic N) is 1. The minimum atomic E-state index is -3.79. The van der Waals surface area contributed by atoms with Crippen molar-refractivity contribution in [1.82, 2.24) is 15.0 Å². The Kier molecular flexibility index (Phi) is 5.67. The smallest absolute Gasteiger partial charge is 0.251 e. The number of thiazole rings is 1. The van der Waals surface area contributed by atoms with Crippen molar-refractivity contribution in [2.45, 2.75) is 24.9 Å². The van der Waals surface area contributed by atoms with E-state index in [4.69, 9.17) is 4.42 Å². The van der Waals surface area contributed by atoms with Crippen LogP contribution >= 0.6 is 11.3 Å². The summed E-state index contributed by atoms with van der Waals surface area (Å²) in [4.78, 5) is 17.2. The number of para-hydroxylation sites is 1. The van der Waals surface area contributed by atoms with Crippen molar-refractivity contribution in [2.75, 3.05) is 0 Å². The van der Waals surface area contributed by atoms with E-state index in [1.165, 1.54) is 29.7 Å². The molecule has 0 saturated carbocycles. The van der Waals surface area contributed by atoms with E-state index in [1.54, 1.807) is 25.1 Å². The van der Waals surface area contributed by atoms with E-state index in [-0.39, 0.29) is 23.9 Å². The molecule has 0 saturated heterocycles. The third-order valence-corrected chi connectivity index (χ3v) is 6.95. The lowest BCUT2D eigenvalue weighted by Crippen LogP contribution is -2.26. The Hall–Kier alpha value is -3.01. The molecule has 2 aromatic heterocycles. The van der Waals surface area contributed by atoms with E-state index < -0.39 is 10.0 Å². The van der Waals surface area contributed by atoms with Gasteiger partial charge in [0.15, 0.2) is 0 Å². The number of aryl methyl sites for hydroxylation is 1. The first kappa shape index (κ1) is 20.3. The highest BCUT2D eigenvalue weighted by Crippen LogP contribution is 2.22. The number of carbonyl (C=O) groups is 1. The van der Waals surface area contributed by atoms with Crippen LogP contribution in [0, 0.1) is 6.92 Å². The van der Waals surface area contributed by atoms with Gasteiger partial charge in [-0.2, -0.15) is 0 Å². The number of amides is 1. The first-order valence-corrected chi connectivity index (χ1v) is 11.5. The number of hydrogen-bond donors (Lipinski definition) is 2. The number of sulfonamides is 1. The molecule has 0 atom stereocenters. The molecule has 30 heavy (non-hydrogen) atoms. The highest BCUT2D eigenvalue weighted by Gasteiger charge is 2.18. The van der Waals surface area contributed by atoms with Crippen molar-refractivity contribution in [1.29, 1.82) is 0 Å². The number of fused-ring (bicyclic) bond motifs is 1. The normalized spacial score (nSPS) is 11.6. The summed E-state index contributed by atoms with van der Waals surface area (Å²) in [5, 5.41) is 3.61. The molecule has 0 fully saturated rings. The van der Waals surface area contributed by atoms with Crippen molar-refractivity contribution in [3.05, 3.63) is 82.8 Å². The third kappa shape index (κ3) is 4.43. The summed E-state index contributed by atoms with van der Waals surface area (Å²) >= 11 is 1.51. The maximum atomic E-state index is 12.7. The number of carbonyl (C=O) groups excluding carboxylic acids is 1. The number of benzene rings is 2. The average Bonchev–Trinajstić information content (AvgIpc) is 3.40. The van der Waals surface area contributed by atoms with Gasteiger partial charge in [0.1, 0.15) is 10.8 Å². The Morgan fingerprint density at radius 1 is 1.10 bits per heavy atom. The van der Waals surface area contributed by atoms with Crippen LogP contribution in [-0.2, 0) is 23.1 Å². The van der Waals surface area contributed by atoms with Crippen molar-refractivity contribution in [3.8, 4) is 0 Å². The van der Waals surface area contributed by atoms with Gasteiger partial charge in [-0.25, -0.2) is 18.1 Å². The number of furan rings is 1. The Morgan fingerprint density at radius 3 is 2.70 bits per heavy atom. The van der Waals surface area contributed by atoms with Crippen LogP contribution in [0.4, 0.5) is 0 Å². The van der Waals surface area contributed by atoms with Crippen LogP contribution in [0.25, 0.3) is 10.2 Å². The molecule has 0 unspecified atom stereocenters. The summed E-state index contributed by atoms with van der Waals surface area (Å²) < 4.78 is 33.9.